The maximum Gasteiger partial charge on any atom is 1.00 e. The van der Waals surface area contributed by atoms with Crippen LogP contribution in [0, 0.1) is 0 Å². The summed E-state index contributed by atoms with van der Waals surface area (Å²) in [4.78, 5) is 21.1. The number of carbonyl (C=O) groups excluding carboxylic acids is 2. The van der Waals surface area contributed by atoms with E-state index in [2.05, 4.69) is 0 Å². The van der Waals surface area contributed by atoms with Gasteiger partial charge in [0.2, 0.25) is 0 Å². The van der Waals surface area contributed by atoms with Crippen LogP contribution in [0.4, 0.5) is 0 Å². The van der Waals surface area contributed by atoms with Gasteiger partial charge in [0.15, 0.2) is 6.16 Å². The normalized spacial score (nSPS) is 10.4. The Hall–Kier alpha value is 0.200. The van der Waals surface area contributed by atoms with Crippen molar-refractivity contribution < 1.29 is 53.9 Å². The molecule has 0 saturated heterocycles. The van der Waals surface area contributed by atoms with Crippen molar-refractivity contribution in [1.29, 1.82) is 0 Å². The van der Waals surface area contributed by atoms with Crippen LogP contribution >= 0.6 is 7.80 Å². The zero-order valence-electron chi connectivity index (χ0n) is 9.48. The second kappa shape index (κ2) is 11.7. The average Bonchev–Trinajstić information content (AvgIpc) is 2.20. The Morgan fingerprint density at radius 3 is 2.25 bits per heavy atom. The molecule has 7 heteroatoms. The number of rotatable bonds is 9. The van der Waals surface area contributed by atoms with E-state index in [4.69, 9.17) is 5.11 Å². The third-order valence-electron chi connectivity index (χ3n) is 1.84. The number of aliphatic carboxylic acids is 1. The SMILES string of the molecule is O=C([O-])CCC(=O)[P+](=O)CCCCCO.[Na+]. The summed E-state index contributed by atoms with van der Waals surface area (Å²) in [5.74, 6) is -1.30. The fourth-order valence-corrected chi connectivity index (χ4v) is 2.12. The van der Waals surface area contributed by atoms with Crippen LogP contribution in [-0.2, 0) is 14.2 Å². The van der Waals surface area contributed by atoms with E-state index in [0.717, 1.165) is 6.42 Å². The summed E-state index contributed by atoms with van der Waals surface area (Å²) in [6.07, 6.45) is 1.68. The summed E-state index contributed by atoms with van der Waals surface area (Å²) in [7, 11) is -1.95. The maximum atomic E-state index is 11.2. The van der Waals surface area contributed by atoms with Crippen LogP contribution in [0.25, 0.3) is 0 Å². The van der Waals surface area contributed by atoms with Crippen LogP contribution in [-0.4, -0.2) is 29.4 Å². The van der Waals surface area contributed by atoms with Crippen LogP contribution in [0.3, 0.4) is 0 Å². The Morgan fingerprint density at radius 1 is 1.12 bits per heavy atom. The molecule has 0 aliphatic rings. The van der Waals surface area contributed by atoms with Crippen molar-refractivity contribution in [2.24, 2.45) is 0 Å². The predicted molar refractivity (Wildman–Crippen MR) is 52.7 cm³/mol. The first-order chi connectivity index (χ1) is 7.07. The Morgan fingerprint density at radius 2 is 1.75 bits per heavy atom. The number of hydrogen-bond acceptors (Lipinski definition) is 5. The first-order valence-electron chi connectivity index (χ1n) is 4.86. The standard InChI is InChI=1S/C9H15O5P.Na/c10-6-2-1-3-7-15(14)9(13)5-4-8(11)12;/h10H,1-7H2;/q;+1. The molecule has 1 unspecified atom stereocenters. The quantitative estimate of drug-likeness (QED) is 0.270. The minimum atomic E-state index is -1.95. The van der Waals surface area contributed by atoms with E-state index in [9.17, 15) is 19.3 Å². The van der Waals surface area contributed by atoms with Gasteiger partial charge in [-0.25, -0.2) is 4.79 Å². The molecule has 0 saturated carbocycles. The molecule has 0 heterocycles. The monoisotopic (exact) mass is 257 g/mol. The molecule has 0 bridgehead atoms. The Bertz CT molecular complexity index is 244. The van der Waals surface area contributed by atoms with E-state index in [0.29, 0.717) is 12.8 Å². The summed E-state index contributed by atoms with van der Waals surface area (Å²) in [5, 5.41) is 18.5. The number of aliphatic hydroxyl groups is 1. The van der Waals surface area contributed by atoms with E-state index in [1.165, 1.54) is 0 Å². The van der Waals surface area contributed by atoms with Crippen LogP contribution in [0.5, 0.6) is 0 Å². The van der Waals surface area contributed by atoms with Gasteiger partial charge < -0.3 is 15.0 Å². The van der Waals surface area contributed by atoms with Crippen LogP contribution in [0.15, 0.2) is 0 Å². The van der Waals surface area contributed by atoms with E-state index < -0.39 is 19.3 Å². The van der Waals surface area contributed by atoms with Gasteiger partial charge >= 0.3 is 42.9 Å². The summed E-state index contributed by atoms with van der Waals surface area (Å²) in [6.45, 7) is 0.0927. The van der Waals surface area contributed by atoms with Crippen molar-refractivity contribution in [1.82, 2.24) is 0 Å². The number of unbranched alkanes of at least 4 members (excludes halogenated alkanes) is 2. The molecule has 0 aliphatic heterocycles. The zero-order valence-corrected chi connectivity index (χ0v) is 12.4. The molecule has 0 fully saturated rings. The van der Waals surface area contributed by atoms with Crippen molar-refractivity contribution in [2.45, 2.75) is 32.1 Å². The Labute approximate surface area is 118 Å². The number of hydrogen-bond donors (Lipinski definition) is 1. The van der Waals surface area contributed by atoms with Gasteiger partial charge in [-0.3, -0.25) is 0 Å². The molecule has 0 rings (SSSR count). The van der Waals surface area contributed by atoms with Crippen LogP contribution in [0.2, 0.25) is 0 Å². The summed E-state index contributed by atoms with van der Waals surface area (Å²) in [5.41, 5.74) is -0.502. The molecular formula is C9H15NaO5P+. The number of carboxylic acid groups (broad SMARTS) is 1. The number of carboxylic acids is 1. The van der Waals surface area contributed by atoms with E-state index in [-0.39, 0.29) is 55.2 Å². The Balaban J connectivity index is 0. The van der Waals surface area contributed by atoms with Gasteiger partial charge in [0.05, 0.1) is 6.42 Å². The first-order valence-corrected chi connectivity index (χ1v) is 6.30. The van der Waals surface area contributed by atoms with Gasteiger partial charge in [-0.05, 0) is 25.7 Å². The first kappa shape index (κ1) is 18.6. The molecule has 16 heavy (non-hydrogen) atoms. The molecule has 5 nitrogen and oxygen atoms in total. The molecule has 1 atom stereocenters. The fourth-order valence-electron chi connectivity index (χ4n) is 1.00. The van der Waals surface area contributed by atoms with Crippen molar-refractivity contribution in [3.05, 3.63) is 0 Å². The number of carbonyl (C=O) groups is 2. The smallest absolute Gasteiger partial charge is 0.550 e. The van der Waals surface area contributed by atoms with Crippen molar-refractivity contribution in [2.75, 3.05) is 12.8 Å². The largest absolute Gasteiger partial charge is 1.00 e. The second-order valence-corrected chi connectivity index (χ2v) is 4.86. The molecule has 0 amide bonds. The third kappa shape index (κ3) is 10.7. The molecule has 0 aromatic heterocycles. The van der Waals surface area contributed by atoms with Gasteiger partial charge in [-0.2, -0.15) is 0 Å². The molecule has 0 aromatic rings. The van der Waals surface area contributed by atoms with E-state index in [1.54, 1.807) is 0 Å². The van der Waals surface area contributed by atoms with Gasteiger partial charge in [0.1, 0.15) is 0 Å². The Kier molecular flexibility index (Phi) is 13.5. The molecule has 0 aliphatic carbocycles. The molecule has 0 spiro atoms. The maximum absolute atomic E-state index is 11.2. The van der Waals surface area contributed by atoms with Crippen LogP contribution < -0.4 is 34.7 Å². The third-order valence-corrected chi connectivity index (χ3v) is 3.34. The molecule has 0 aromatic carbocycles. The predicted octanol–water partition coefficient (Wildman–Crippen LogP) is -2.96. The number of aliphatic hydroxyl groups excluding tert-OH is 1. The molecule has 1 N–H and O–H groups in total. The van der Waals surface area contributed by atoms with Crippen molar-refractivity contribution >= 4 is 19.3 Å². The van der Waals surface area contributed by atoms with Gasteiger partial charge in [0, 0.05) is 12.6 Å². The molecule has 0 radical (unpaired) electrons. The molecular weight excluding hydrogens is 242 g/mol. The summed E-state index contributed by atoms with van der Waals surface area (Å²) < 4.78 is 11.2. The van der Waals surface area contributed by atoms with Crippen molar-refractivity contribution in [3.63, 3.8) is 0 Å². The zero-order chi connectivity index (χ0) is 11.7. The summed E-state index contributed by atoms with van der Waals surface area (Å²) >= 11 is 0. The van der Waals surface area contributed by atoms with Crippen molar-refractivity contribution in [3.8, 4) is 0 Å². The average molecular weight is 257 g/mol. The van der Waals surface area contributed by atoms with E-state index in [1.807, 2.05) is 0 Å². The van der Waals surface area contributed by atoms with Gasteiger partial charge in [-0.1, -0.05) is 4.57 Å². The minimum Gasteiger partial charge on any atom is -0.550 e. The van der Waals surface area contributed by atoms with Gasteiger partial charge in [-0.15, -0.1) is 0 Å². The van der Waals surface area contributed by atoms with Crippen LogP contribution in [0.1, 0.15) is 32.1 Å². The minimum absolute atomic E-state index is 0. The topological polar surface area (TPSA) is 94.5 Å². The summed E-state index contributed by atoms with van der Waals surface area (Å²) in [6, 6.07) is 0. The van der Waals surface area contributed by atoms with E-state index >= 15 is 0 Å². The molecule has 86 valence electrons. The second-order valence-electron chi connectivity index (χ2n) is 3.15. The van der Waals surface area contributed by atoms with Gasteiger partial charge in [0.25, 0.3) is 0 Å². The fraction of sp³-hybridized carbons (Fsp3) is 0.778.